The summed E-state index contributed by atoms with van der Waals surface area (Å²) in [6.07, 6.45) is 0.117. The van der Waals surface area contributed by atoms with E-state index < -0.39 is 0 Å². The Bertz CT molecular complexity index is 686. The molecule has 3 rings (SSSR count). The molecule has 4 heteroatoms. The molecular formula is C17H15BrFNO. The molecule has 1 aliphatic heterocycles. The summed E-state index contributed by atoms with van der Waals surface area (Å²) in [7, 11) is 0. The van der Waals surface area contributed by atoms with Crippen LogP contribution in [0.5, 0.6) is 0 Å². The van der Waals surface area contributed by atoms with Crippen LogP contribution in [0.3, 0.4) is 0 Å². The predicted molar refractivity (Wildman–Crippen MR) is 83.7 cm³/mol. The number of Topliss-reactive ketones (excluding diaryl/α,β-unsaturated/α-hetero) is 1. The first kappa shape index (κ1) is 14.4. The number of carbonyl (C=O) groups excluding carboxylic acids is 1. The zero-order chi connectivity index (χ0) is 14.8. The van der Waals surface area contributed by atoms with Gasteiger partial charge in [-0.1, -0.05) is 40.2 Å². The standard InChI is InChI=1S/C17H15BrFNO/c18-13-5-6-16(19)12(7-13)8-17(21)15-10-20-9-11-3-1-2-4-14(11)15/h1-7,15,20H,8-10H2. The second-order valence-corrected chi connectivity index (χ2v) is 6.18. The molecule has 0 fully saturated rings. The molecule has 0 aliphatic carbocycles. The molecule has 2 aromatic rings. The molecule has 0 saturated heterocycles. The third-order valence-electron chi connectivity index (χ3n) is 3.86. The van der Waals surface area contributed by atoms with Gasteiger partial charge in [0.05, 0.1) is 5.92 Å². The van der Waals surface area contributed by atoms with E-state index in [0.29, 0.717) is 12.1 Å². The van der Waals surface area contributed by atoms with Crippen molar-refractivity contribution < 1.29 is 9.18 Å². The summed E-state index contributed by atoms with van der Waals surface area (Å²) in [5, 5.41) is 3.26. The van der Waals surface area contributed by atoms with Crippen molar-refractivity contribution in [1.29, 1.82) is 0 Å². The van der Waals surface area contributed by atoms with Gasteiger partial charge in [-0.15, -0.1) is 0 Å². The van der Waals surface area contributed by atoms with Crippen molar-refractivity contribution in [2.24, 2.45) is 0 Å². The highest BCUT2D eigenvalue weighted by Gasteiger charge is 2.26. The molecule has 2 nitrogen and oxygen atoms in total. The average molecular weight is 348 g/mol. The smallest absolute Gasteiger partial charge is 0.146 e. The van der Waals surface area contributed by atoms with E-state index in [1.165, 1.54) is 6.07 Å². The summed E-state index contributed by atoms with van der Waals surface area (Å²) in [4.78, 5) is 12.6. The van der Waals surface area contributed by atoms with E-state index in [9.17, 15) is 9.18 Å². The average Bonchev–Trinajstić information content (AvgIpc) is 2.50. The topological polar surface area (TPSA) is 29.1 Å². The predicted octanol–water partition coefficient (Wildman–Crippen LogP) is 3.59. The van der Waals surface area contributed by atoms with E-state index in [1.54, 1.807) is 12.1 Å². The molecule has 1 N–H and O–H groups in total. The molecular weight excluding hydrogens is 333 g/mol. The van der Waals surface area contributed by atoms with Crippen LogP contribution in [-0.4, -0.2) is 12.3 Å². The lowest BCUT2D eigenvalue weighted by molar-refractivity contribution is -0.120. The number of halogens is 2. The van der Waals surface area contributed by atoms with E-state index >= 15 is 0 Å². The van der Waals surface area contributed by atoms with Gasteiger partial charge in [0.2, 0.25) is 0 Å². The number of nitrogens with one attached hydrogen (secondary N) is 1. The second-order valence-electron chi connectivity index (χ2n) is 5.26. The molecule has 1 unspecified atom stereocenters. The fourth-order valence-electron chi connectivity index (χ4n) is 2.77. The summed E-state index contributed by atoms with van der Waals surface area (Å²) >= 11 is 3.32. The van der Waals surface area contributed by atoms with Gasteiger partial charge in [-0.2, -0.15) is 0 Å². The lowest BCUT2D eigenvalue weighted by Gasteiger charge is -2.25. The third kappa shape index (κ3) is 3.06. The second kappa shape index (κ2) is 6.08. The number of benzene rings is 2. The summed E-state index contributed by atoms with van der Waals surface area (Å²) in [6.45, 7) is 1.40. The van der Waals surface area contributed by atoms with Gasteiger partial charge in [0.15, 0.2) is 0 Å². The Morgan fingerprint density at radius 1 is 1.29 bits per heavy atom. The molecule has 1 aliphatic rings. The lowest BCUT2D eigenvalue weighted by Crippen LogP contribution is -2.33. The number of fused-ring (bicyclic) bond motifs is 1. The molecule has 21 heavy (non-hydrogen) atoms. The molecule has 0 bridgehead atoms. The molecule has 0 aromatic heterocycles. The number of rotatable bonds is 3. The van der Waals surface area contributed by atoms with Crippen LogP contribution in [0.1, 0.15) is 22.6 Å². The van der Waals surface area contributed by atoms with Crippen LogP contribution in [-0.2, 0) is 17.8 Å². The maximum Gasteiger partial charge on any atom is 0.146 e. The van der Waals surface area contributed by atoms with Gasteiger partial charge in [0.25, 0.3) is 0 Å². The van der Waals surface area contributed by atoms with Crippen molar-refractivity contribution >= 4 is 21.7 Å². The van der Waals surface area contributed by atoms with Crippen LogP contribution in [0.4, 0.5) is 4.39 Å². The van der Waals surface area contributed by atoms with Crippen LogP contribution in [0.15, 0.2) is 46.9 Å². The Balaban J connectivity index is 1.85. The first-order valence-electron chi connectivity index (χ1n) is 6.90. The molecule has 108 valence electrons. The lowest BCUT2D eigenvalue weighted by atomic mass is 9.85. The highest BCUT2D eigenvalue weighted by molar-refractivity contribution is 9.10. The summed E-state index contributed by atoms with van der Waals surface area (Å²) < 4.78 is 14.6. The Morgan fingerprint density at radius 2 is 2.10 bits per heavy atom. The van der Waals surface area contributed by atoms with Gasteiger partial charge in [-0.3, -0.25) is 4.79 Å². The number of ketones is 1. The summed E-state index contributed by atoms with van der Waals surface area (Å²) in [6, 6.07) is 12.7. The van der Waals surface area contributed by atoms with E-state index in [4.69, 9.17) is 0 Å². The fourth-order valence-corrected chi connectivity index (χ4v) is 3.18. The molecule has 0 spiro atoms. The summed E-state index contributed by atoms with van der Waals surface area (Å²) in [5.41, 5.74) is 2.66. The van der Waals surface area contributed by atoms with Crippen molar-refractivity contribution in [1.82, 2.24) is 5.32 Å². The van der Waals surface area contributed by atoms with E-state index in [2.05, 4.69) is 21.2 Å². The number of hydrogen-bond acceptors (Lipinski definition) is 2. The minimum absolute atomic E-state index is 0.0478. The van der Waals surface area contributed by atoms with Crippen molar-refractivity contribution in [3.63, 3.8) is 0 Å². The largest absolute Gasteiger partial charge is 0.312 e. The minimum Gasteiger partial charge on any atom is -0.312 e. The Kier molecular flexibility index (Phi) is 4.17. The maximum atomic E-state index is 13.8. The highest BCUT2D eigenvalue weighted by Crippen LogP contribution is 2.26. The van der Waals surface area contributed by atoms with Gasteiger partial charge in [0.1, 0.15) is 11.6 Å². The zero-order valence-electron chi connectivity index (χ0n) is 11.4. The summed E-state index contributed by atoms with van der Waals surface area (Å²) in [5.74, 6) is -0.483. The SMILES string of the molecule is O=C(Cc1cc(Br)ccc1F)C1CNCc2ccccc21. The van der Waals surface area contributed by atoms with Crippen molar-refractivity contribution in [3.8, 4) is 0 Å². The van der Waals surface area contributed by atoms with E-state index in [0.717, 1.165) is 22.1 Å². The van der Waals surface area contributed by atoms with E-state index in [-0.39, 0.29) is 23.9 Å². The quantitative estimate of drug-likeness (QED) is 0.919. The van der Waals surface area contributed by atoms with Gasteiger partial charge < -0.3 is 5.32 Å². The Labute approximate surface area is 131 Å². The molecule has 1 heterocycles. The normalized spacial score (nSPS) is 17.3. The monoisotopic (exact) mass is 347 g/mol. The van der Waals surface area contributed by atoms with Gasteiger partial charge >= 0.3 is 0 Å². The van der Waals surface area contributed by atoms with Gasteiger partial charge in [-0.05, 0) is 34.9 Å². The first-order chi connectivity index (χ1) is 10.1. The van der Waals surface area contributed by atoms with Crippen molar-refractivity contribution in [2.75, 3.05) is 6.54 Å². The number of carbonyl (C=O) groups is 1. The van der Waals surface area contributed by atoms with Crippen LogP contribution in [0, 0.1) is 5.82 Å². The molecule has 0 radical (unpaired) electrons. The highest BCUT2D eigenvalue weighted by atomic mass is 79.9. The van der Waals surface area contributed by atoms with Crippen LogP contribution < -0.4 is 5.32 Å². The van der Waals surface area contributed by atoms with Crippen molar-refractivity contribution in [2.45, 2.75) is 18.9 Å². The van der Waals surface area contributed by atoms with Crippen LogP contribution in [0.2, 0.25) is 0 Å². The third-order valence-corrected chi connectivity index (χ3v) is 4.35. The molecule has 0 saturated carbocycles. The van der Waals surface area contributed by atoms with Crippen LogP contribution >= 0.6 is 15.9 Å². The Hall–Kier alpha value is -1.52. The van der Waals surface area contributed by atoms with Crippen LogP contribution in [0.25, 0.3) is 0 Å². The maximum absolute atomic E-state index is 13.8. The van der Waals surface area contributed by atoms with Crippen molar-refractivity contribution in [3.05, 3.63) is 69.4 Å². The zero-order valence-corrected chi connectivity index (χ0v) is 13.0. The minimum atomic E-state index is -0.330. The fraction of sp³-hybridized carbons (Fsp3) is 0.235. The molecule has 1 atom stereocenters. The number of hydrogen-bond donors (Lipinski definition) is 1. The molecule has 2 aromatic carbocycles. The van der Waals surface area contributed by atoms with Gasteiger partial charge in [0, 0.05) is 24.0 Å². The van der Waals surface area contributed by atoms with Gasteiger partial charge in [-0.25, -0.2) is 4.39 Å². The Morgan fingerprint density at radius 3 is 2.95 bits per heavy atom. The molecule has 0 amide bonds. The van der Waals surface area contributed by atoms with E-state index in [1.807, 2.05) is 24.3 Å². The first-order valence-corrected chi connectivity index (χ1v) is 7.69.